The maximum atomic E-state index is 14.4. The van der Waals surface area contributed by atoms with E-state index in [9.17, 15) is 50.3 Å². The number of aromatic nitrogens is 7. The molecule has 4 N–H and O–H groups in total. The molecule has 4 rings (SSSR count). The minimum atomic E-state index is -5.20. The standard InChI is InChI=1S/C34H37ClF6N10O7/c1-18(45-30(55)58-32(2,3)4)29(54)44-14-6-5-9-24(52)57-22(34(39,40)41)16-49-26(19-10-12-20(35)13-11-19)48-50(31(49)56)17-23-46-28(25(42)53)51(47-23)27-21(33(36,37)38)8-7-15-43-27/h7-8,10-13,15,18,22H,5-6,9,14,16-17H2,1-4H3,(H2,42,53)(H,44,54)(H,45,55)/t18-,22-/m0/s1. The van der Waals surface area contributed by atoms with Crippen LogP contribution in [0.15, 0.2) is 47.4 Å². The number of unbranched alkanes of at least 4 members (excludes halogenated alkanes) is 1. The van der Waals surface area contributed by atoms with Gasteiger partial charge in [-0.3, -0.25) is 19.0 Å². The first-order valence-electron chi connectivity index (χ1n) is 17.2. The molecule has 0 saturated heterocycles. The maximum absolute atomic E-state index is 14.4. The Morgan fingerprint density at radius 2 is 1.66 bits per heavy atom. The van der Waals surface area contributed by atoms with E-state index in [-0.39, 0.29) is 35.8 Å². The number of alkyl carbamates (subject to hydrolysis) is 1. The molecule has 0 saturated carbocycles. The number of carbonyl (C=O) groups excluding carboxylic acids is 4. The van der Waals surface area contributed by atoms with Gasteiger partial charge in [0.1, 0.15) is 23.8 Å². The van der Waals surface area contributed by atoms with Crippen molar-refractivity contribution in [2.24, 2.45) is 5.73 Å². The molecule has 0 unspecified atom stereocenters. The Morgan fingerprint density at radius 1 is 0.983 bits per heavy atom. The number of esters is 1. The zero-order valence-electron chi connectivity index (χ0n) is 31.2. The lowest BCUT2D eigenvalue weighted by Crippen LogP contribution is -2.46. The Labute approximate surface area is 329 Å². The van der Waals surface area contributed by atoms with E-state index in [0.29, 0.717) is 20.0 Å². The molecule has 0 radical (unpaired) electrons. The molecule has 24 heteroatoms. The highest BCUT2D eigenvalue weighted by Crippen LogP contribution is 2.33. The SMILES string of the molecule is C[C@H](NC(=O)OC(C)(C)C)C(=O)NCCCCC(=O)O[C@@H](Cn1c(-c2ccc(Cl)cc2)nn(Cc2nc(C(N)=O)n(-c3ncccc3C(F)(F)F)n2)c1=O)C(F)(F)F. The second-order valence-corrected chi connectivity index (χ2v) is 14.0. The monoisotopic (exact) mass is 846 g/mol. The molecular formula is C34H37ClF6N10O7. The van der Waals surface area contributed by atoms with Gasteiger partial charge in [-0.15, -0.1) is 10.2 Å². The number of pyridine rings is 1. The van der Waals surface area contributed by atoms with Crippen LogP contribution in [0.2, 0.25) is 5.02 Å². The molecule has 0 fully saturated rings. The molecule has 3 aromatic heterocycles. The Balaban J connectivity index is 1.52. The molecule has 0 bridgehead atoms. The van der Waals surface area contributed by atoms with Crippen molar-refractivity contribution in [1.29, 1.82) is 0 Å². The summed E-state index contributed by atoms with van der Waals surface area (Å²) in [5, 5.41) is 13.1. The van der Waals surface area contributed by atoms with Crippen molar-refractivity contribution in [3.05, 3.63) is 75.3 Å². The van der Waals surface area contributed by atoms with Gasteiger partial charge in [0, 0.05) is 29.7 Å². The third-order valence-electron chi connectivity index (χ3n) is 7.70. The topological polar surface area (TPSA) is 220 Å². The van der Waals surface area contributed by atoms with Crippen molar-refractivity contribution in [3.8, 4) is 17.2 Å². The first-order chi connectivity index (χ1) is 26.9. The molecule has 58 heavy (non-hydrogen) atoms. The Morgan fingerprint density at radius 3 is 2.26 bits per heavy atom. The van der Waals surface area contributed by atoms with Crippen LogP contribution in [0.4, 0.5) is 31.1 Å². The van der Waals surface area contributed by atoms with Crippen LogP contribution in [0.25, 0.3) is 17.2 Å². The first kappa shape index (κ1) is 44.7. The van der Waals surface area contributed by atoms with Gasteiger partial charge in [-0.2, -0.15) is 31.0 Å². The number of alkyl halides is 6. The van der Waals surface area contributed by atoms with E-state index in [1.807, 2.05) is 0 Å². The van der Waals surface area contributed by atoms with Gasteiger partial charge in [0.2, 0.25) is 17.8 Å². The summed E-state index contributed by atoms with van der Waals surface area (Å²) >= 11 is 5.97. The molecule has 2 atom stereocenters. The fraction of sp³-hybridized carbons (Fsp3) is 0.441. The number of primary amides is 1. The summed E-state index contributed by atoms with van der Waals surface area (Å²) in [6.07, 6.45) is -13.2. The van der Waals surface area contributed by atoms with Crippen molar-refractivity contribution in [3.63, 3.8) is 0 Å². The van der Waals surface area contributed by atoms with Crippen molar-refractivity contribution in [2.75, 3.05) is 6.54 Å². The molecule has 3 amide bonds. The van der Waals surface area contributed by atoms with Crippen LogP contribution in [0.3, 0.4) is 0 Å². The fourth-order valence-electron chi connectivity index (χ4n) is 5.07. The number of rotatable bonds is 15. The largest absolute Gasteiger partial charge is 0.451 e. The van der Waals surface area contributed by atoms with E-state index in [1.165, 1.54) is 31.2 Å². The number of halogens is 7. The number of nitrogens with one attached hydrogen (secondary N) is 2. The molecule has 3 heterocycles. The quantitative estimate of drug-likeness (QED) is 0.0876. The van der Waals surface area contributed by atoms with E-state index >= 15 is 0 Å². The summed E-state index contributed by atoms with van der Waals surface area (Å²) in [6, 6.07) is 6.08. The van der Waals surface area contributed by atoms with Crippen LogP contribution in [0.5, 0.6) is 0 Å². The van der Waals surface area contributed by atoms with Gasteiger partial charge in [-0.1, -0.05) is 11.6 Å². The lowest BCUT2D eigenvalue weighted by atomic mass is 10.2. The van der Waals surface area contributed by atoms with Crippen LogP contribution in [0.1, 0.15) is 69.0 Å². The molecule has 0 aliphatic carbocycles. The van der Waals surface area contributed by atoms with E-state index in [4.69, 9.17) is 26.8 Å². The molecule has 4 aromatic rings. The van der Waals surface area contributed by atoms with Crippen LogP contribution >= 0.6 is 11.6 Å². The van der Waals surface area contributed by atoms with E-state index in [2.05, 4.69) is 30.8 Å². The second-order valence-electron chi connectivity index (χ2n) is 13.5. The summed E-state index contributed by atoms with van der Waals surface area (Å²) in [6.45, 7) is 4.27. The summed E-state index contributed by atoms with van der Waals surface area (Å²) in [5.74, 6) is -5.70. The van der Waals surface area contributed by atoms with Crippen molar-refractivity contribution >= 4 is 35.5 Å². The van der Waals surface area contributed by atoms with Gasteiger partial charge in [0.15, 0.2) is 17.5 Å². The normalized spacial score (nSPS) is 13.1. The Kier molecular flexibility index (Phi) is 13.9. The highest BCUT2D eigenvalue weighted by molar-refractivity contribution is 6.30. The molecule has 0 aliphatic heterocycles. The zero-order valence-corrected chi connectivity index (χ0v) is 31.9. The third-order valence-corrected chi connectivity index (χ3v) is 7.95. The lowest BCUT2D eigenvalue weighted by Gasteiger charge is -2.22. The number of nitrogens with two attached hydrogens (primary N) is 1. The molecule has 1 aromatic carbocycles. The van der Waals surface area contributed by atoms with Crippen LogP contribution in [-0.2, 0) is 38.3 Å². The van der Waals surface area contributed by atoms with Gasteiger partial charge in [0.05, 0.1) is 6.54 Å². The van der Waals surface area contributed by atoms with Crippen molar-refractivity contribution < 1.29 is 55.0 Å². The average Bonchev–Trinajstić information content (AvgIpc) is 3.67. The number of amides is 3. The summed E-state index contributed by atoms with van der Waals surface area (Å²) in [4.78, 5) is 70.2. The number of hydrogen-bond acceptors (Lipinski definition) is 11. The predicted molar refractivity (Wildman–Crippen MR) is 190 cm³/mol. The number of ether oxygens (including phenoxy) is 2. The maximum Gasteiger partial charge on any atom is 0.427 e. The van der Waals surface area contributed by atoms with E-state index in [0.717, 1.165) is 12.3 Å². The van der Waals surface area contributed by atoms with E-state index in [1.54, 1.807) is 20.8 Å². The van der Waals surface area contributed by atoms with Gasteiger partial charge >= 0.3 is 30.1 Å². The number of nitrogens with zero attached hydrogens (tertiary/aromatic N) is 7. The summed E-state index contributed by atoms with van der Waals surface area (Å²) < 4.78 is 95.8. The number of carbonyl (C=O) groups is 4. The van der Waals surface area contributed by atoms with Crippen LogP contribution < -0.4 is 22.1 Å². The van der Waals surface area contributed by atoms with Gasteiger partial charge in [0.25, 0.3) is 5.91 Å². The predicted octanol–water partition coefficient (Wildman–Crippen LogP) is 4.18. The Bertz CT molecular complexity index is 2180. The third kappa shape index (κ3) is 12.0. The van der Waals surface area contributed by atoms with Gasteiger partial charge in [-0.25, -0.2) is 24.2 Å². The molecule has 314 valence electrons. The van der Waals surface area contributed by atoms with Crippen molar-refractivity contribution in [1.82, 2.24) is 44.7 Å². The van der Waals surface area contributed by atoms with Gasteiger partial charge in [-0.05, 0) is 76.9 Å². The number of benzene rings is 1. The highest BCUT2D eigenvalue weighted by Gasteiger charge is 2.44. The zero-order chi connectivity index (χ0) is 43.2. The molecule has 0 aliphatic rings. The molecule has 0 spiro atoms. The summed E-state index contributed by atoms with van der Waals surface area (Å²) in [5.41, 5.74) is 2.12. The first-order valence-corrected chi connectivity index (χ1v) is 17.6. The average molecular weight is 847 g/mol. The minimum Gasteiger partial charge on any atom is -0.451 e. The van der Waals surface area contributed by atoms with E-state index < -0.39 is 102 Å². The van der Waals surface area contributed by atoms with Gasteiger partial charge < -0.3 is 25.8 Å². The highest BCUT2D eigenvalue weighted by atomic mass is 35.5. The van der Waals surface area contributed by atoms with Crippen LogP contribution in [0, 0.1) is 0 Å². The Hall–Kier alpha value is -6.00. The van der Waals surface area contributed by atoms with Crippen molar-refractivity contribution in [2.45, 2.75) is 90.1 Å². The number of hydrogen-bond donors (Lipinski definition) is 3. The van der Waals surface area contributed by atoms with Crippen LogP contribution in [-0.4, -0.2) is 88.4 Å². The summed E-state index contributed by atoms with van der Waals surface area (Å²) in [7, 11) is 0. The molecular weight excluding hydrogens is 810 g/mol. The fourth-order valence-corrected chi connectivity index (χ4v) is 5.20. The smallest absolute Gasteiger partial charge is 0.427 e. The minimum absolute atomic E-state index is 0.00751. The second kappa shape index (κ2) is 18.1. The lowest BCUT2D eigenvalue weighted by molar-refractivity contribution is -0.224. The molecule has 17 nitrogen and oxygen atoms in total.